The third kappa shape index (κ3) is 4.74. The first-order valence-electron chi connectivity index (χ1n) is 9.98. The van der Waals surface area contributed by atoms with Crippen molar-refractivity contribution in [2.24, 2.45) is 10.2 Å². The van der Waals surface area contributed by atoms with E-state index in [2.05, 4.69) is 20.5 Å². The van der Waals surface area contributed by atoms with Gasteiger partial charge in [-0.05, 0) is 51.8 Å². The lowest BCUT2D eigenvalue weighted by Crippen LogP contribution is -2.34. The predicted octanol–water partition coefficient (Wildman–Crippen LogP) is 5.70. The molecule has 1 heterocycles. The number of azo groups is 1. The van der Waals surface area contributed by atoms with Crippen molar-refractivity contribution in [1.82, 2.24) is 10.3 Å². The second-order valence-electron chi connectivity index (χ2n) is 7.57. The summed E-state index contributed by atoms with van der Waals surface area (Å²) in [5.74, 6) is 0.510. The van der Waals surface area contributed by atoms with Gasteiger partial charge in [-0.3, -0.25) is 9.59 Å². The Kier molecular flexibility index (Phi) is 6.39. The monoisotopic (exact) mass is 380 g/mol. The van der Waals surface area contributed by atoms with Crippen LogP contribution in [0.25, 0.3) is 0 Å². The van der Waals surface area contributed by atoms with Crippen molar-refractivity contribution < 1.29 is 9.59 Å². The average molecular weight is 380 g/mol. The Morgan fingerprint density at radius 3 is 2.43 bits per heavy atom. The molecule has 0 saturated heterocycles. The van der Waals surface area contributed by atoms with Gasteiger partial charge < -0.3 is 10.3 Å². The average Bonchev–Trinajstić information content (AvgIpc) is 2.82. The number of benzene rings is 1. The van der Waals surface area contributed by atoms with E-state index in [0.29, 0.717) is 22.6 Å². The standard InChI is InChI=1S/C22H28N4O2/c1-14-20(16(3)27)15(2)23-21(14)26-25-19-12-8-9-17(13-19)22(28)24-18-10-6-4-5-7-11-18/h8-9,12-13,18,23H,4-7,10-11H2,1-3H3,(H,24,28). The highest BCUT2D eigenvalue weighted by atomic mass is 16.1. The maximum Gasteiger partial charge on any atom is 0.251 e. The third-order valence-corrected chi connectivity index (χ3v) is 5.33. The van der Waals surface area contributed by atoms with Gasteiger partial charge in [-0.1, -0.05) is 31.7 Å². The molecular formula is C22H28N4O2. The lowest BCUT2D eigenvalue weighted by Gasteiger charge is -2.16. The van der Waals surface area contributed by atoms with Crippen LogP contribution in [0.3, 0.4) is 0 Å². The van der Waals surface area contributed by atoms with Gasteiger partial charge in [0, 0.05) is 28.4 Å². The van der Waals surface area contributed by atoms with Gasteiger partial charge in [-0.15, -0.1) is 10.2 Å². The molecule has 0 aliphatic heterocycles. The molecule has 2 N–H and O–H groups in total. The maximum absolute atomic E-state index is 12.6. The molecule has 6 heteroatoms. The summed E-state index contributed by atoms with van der Waals surface area (Å²) < 4.78 is 0. The molecular weight excluding hydrogens is 352 g/mol. The van der Waals surface area contributed by atoms with Crippen LogP contribution in [0.5, 0.6) is 0 Å². The zero-order chi connectivity index (χ0) is 20.1. The molecule has 1 saturated carbocycles. The van der Waals surface area contributed by atoms with Crippen LogP contribution in [0, 0.1) is 13.8 Å². The molecule has 148 valence electrons. The van der Waals surface area contributed by atoms with Gasteiger partial charge in [0.2, 0.25) is 0 Å². The van der Waals surface area contributed by atoms with Gasteiger partial charge in [0.1, 0.15) is 0 Å². The van der Waals surface area contributed by atoms with Gasteiger partial charge in [0.05, 0.1) is 5.69 Å². The number of nitrogens with one attached hydrogen (secondary N) is 2. The van der Waals surface area contributed by atoms with E-state index in [1.54, 1.807) is 19.1 Å². The largest absolute Gasteiger partial charge is 0.349 e. The highest BCUT2D eigenvalue weighted by Crippen LogP contribution is 2.27. The summed E-state index contributed by atoms with van der Waals surface area (Å²) in [7, 11) is 0. The number of aryl methyl sites for hydroxylation is 1. The van der Waals surface area contributed by atoms with Crippen LogP contribution in [0.4, 0.5) is 11.5 Å². The van der Waals surface area contributed by atoms with E-state index in [4.69, 9.17) is 0 Å². The van der Waals surface area contributed by atoms with Crippen molar-refractivity contribution in [2.75, 3.05) is 0 Å². The van der Waals surface area contributed by atoms with E-state index in [9.17, 15) is 9.59 Å². The van der Waals surface area contributed by atoms with Gasteiger partial charge in [0.15, 0.2) is 11.6 Å². The summed E-state index contributed by atoms with van der Waals surface area (Å²) in [6, 6.07) is 7.41. The molecule has 1 amide bonds. The molecule has 3 rings (SSSR count). The minimum Gasteiger partial charge on any atom is -0.349 e. The van der Waals surface area contributed by atoms with Crippen molar-refractivity contribution in [3.05, 3.63) is 46.6 Å². The normalized spacial score (nSPS) is 15.5. The molecule has 1 aromatic heterocycles. The second kappa shape index (κ2) is 8.95. The molecule has 28 heavy (non-hydrogen) atoms. The Balaban J connectivity index is 1.72. The Labute approximate surface area is 165 Å². The smallest absolute Gasteiger partial charge is 0.251 e. The second-order valence-corrected chi connectivity index (χ2v) is 7.57. The number of hydrogen-bond donors (Lipinski definition) is 2. The number of H-pyrrole nitrogens is 1. The van der Waals surface area contributed by atoms with Crippen LogP contribution in [-0.2, 0) is 0 Å². The van der Waals surface area contributed by atoms with Crippen LogP contribution in [0.15, 0.2) is 34.5 Å². The molecule has 0 unspecified atom stereocenters. The lowest BCUT2D eigenvalue weighted by molar-refractivity contribution is 0.0932. The minimum atomic E-state index is -0.0604. The molecule has 1 fully saturated rings. The van der Waals surface area contributed by atoms with Crippen LogP contribution in [0.2, 0.25) is 0 Å². The number of Topliss-reactive ketones (excluding diaryl/α,β-unsaturated/α-hetero) is 1. The Morgan fingerprint density at radius 2 is 1.79 bits per heavy atom. The first kappa shape index (κ1) is 20.0. The van der Waals surface area contributed by atoms with E-state index in [1.165, 1.54) is 25.7 Å². The summed E-state index contributed by atoms with van der Waals surface area (Å²) in [4.78, 5) is 27.4. The molecule has 1 aromatic carbocycles. The lowest BCUT2D eigenvalue weighted by atomic mass is 10.1. The number of hydrogen-bond acceptors (Lipinski definition) is 4. The maximum atomic E-state index is 12.6. The number of ketones is 1. The van der Waals surface area contributed by atoms with E-state index < -0.39 is 0 Å². The van der Waals surface area contributed by atoms with Gasteiger partial charge in [0.25, 0.3) is 5.91 Å². The molecule has 0 atom stereocenters. The first-order chi connectivity index (χ1) is 13.5. The number of nitrogens with zero attached hydrogens (tertiary/aromatic N) is 2. The number of carbonyl (C=O) groups excluding carboxylic acids is 2. The highest BCUT2D eigenvalue weighted by molar-refractivity contribution is 5.98. The quantitative estimate of drug-likeness (QED) is 0.396. The summed E-state index contributed by atoms with van der Waals surface area (Å²) >= 11 is 0. The van der Waals surface area contributed by atoms with E-state index >= 15 is 0 Å². The van der Waals surface area contributed by atoms with Crippen molar-refractivity contribution in [2.45, 2.75) is 65.3 Å². The fourth-order valence-electron chi connectivity index (χ4n) is 3.87. The van der Waals surface area contributed by atoms with Crippen molar-refractivity contribution >= 4 is 23.2 Å². The zero-order valence-electron chi connectivity index (χ0n) is 16.8. The molecule has 0 bridgehead atoms. The Morgan fingerprint density at radius 1 is 1.07 bits per heavy atom. The minimum absolute atomic E-state index is 0.00452. The Hall–Kier alpha value is -2.76. The fourth-order valence-corrected chi connectivity index (χ4v) is 3.87. The predicted molar refractivity (Wildman–Crippen MR) is 110 cm³/mol. The van der Waals surface area contributed by atoms with E-state index in [1.807, 2.05) is 26.0 Å². The number of carbonyl (C=O) groups is 2. The van der Waals surface area contributed by atoms with Crippen molar-refractivity contribution in [3.63, 3.8) is 0 Å². The summed E-state index contributed by atoms with van der Waals surface area (Å²) in [5, 5.41) is 11.7. The van der Waals surface area contributed by atoms with Crippen LogP contribution < -0.4 is 5.32 Å². The summed E-state index contributed by atoms with van der Waals surface area (Å²) in [6.07, 6.45) is 6.97. The topological polar surface area (TPSA) is 86.7 Å². The first-order valence-corrected chi connectivity index (χ1v) is 9.98. The zero-order valence-corrected chi connectivity index (χ0v) is 16.8. The molecule has 6 nitrogen and oxygen atoms in total. The number of aromatic nitrogens is 1. The molecule has 2 aromatic rings. The highest BCUT2D eigenvalue weighted by Gasteiger charge is 2.16. The van der Waals surface area contributed by atoms with Crippen molar-refractivity contribution in [1.29, 1.82) is 0 Å². The van der Waals surface area contributed by atoms with Crippen LogP contribution >= 0.6 is 0 Å². The van der Waals surface area contributed by atoms with Crippen LogP contribution in [0.1, 0.15) is 77.4 Å². The Bertz CT molecular complexity index is 890. The fraction of sp³-hybridized carbons (Fsp3) is 0.455. The summed E-state index contributed by atoms with van der Waals surface area (Å²) in [6.45, 7) is 5.24. The van der Waals surface area contributed by atoms with Gasteiger partial charge >= 0.3 is 0 Å². The van der Waals surface area contributed by atoms with E-state index in [0.717, 1.165) is 24.1 Å². The van der Waals surface area contributed by atoms with Crippen LogP contribution in [-0.4, -0.2) is 22.7 Å². The number of rotatable bonds is 5. The van der Waals surface area contributed by atoms with Gasteiger partial charge in [-0.2, -0.15) is 0 Å². The molecule has 1 aliphatic rings. The van der Waals surface area contributed by atoms with Crippen molar-refractivity contribution in [3.8, 4) is 0 Å². The number of amides is 1. The SMILES string of the molecule is CC(=O)c1c(C)[nH]c(N=Nc2cccc(C(=O)NC3CCCCCC3)c2)c1C. The molecule has 1 aliphatic carbocycles. The third-order valence-electron chi connectivity index (χ3n) is 5.33. The molecule has 0 radical (unpaired) electrons. The summed E-state index contributed by atoms with van der Waals surface area (Å²) in [5.41, 5.74) is 3.42. The van der Waals surface area contributed by atoms with Gasteiger partial charge in [-0.25, -0.2) is 0 Å². The van der Waals surface area contributed by atoms with E-state index in [-0.39, 0.29) is 17.7 Å². The molecule has 0 spiro atoms. The number of aromatic amines is 1.